The van der Waals surface area contributed by atoms with Gasteiger partial charge in [0, 0.05) is 38.2 Å². The highest BCUT2D eigenvalue weighted by Crippen LogP contribution is 2.27. The molecule has 3 N–H and O–H groups in total. The number of amides is 1. The van der Waals surface area contributed by atoms with Crippen molar-refractivity contribution in [2.24, 2.45) is 5.92 Å². The molecule has 1 amide bonds. The molecule has 0 unspecified atom stereocenters. The van der Waals surface area contributed by atoms with E-state index >= 15 is 0 Å². The first-order chi connectivity index (χ1) is 10.4. The molecule has 1 aliphatic rings. The van der Waals surface area contributed by atoms with E-state index in [9.17, 15) is 18.3 Å². The normalized spacial score (nSPS) is 21.9. The molecule has 0 aliphatic carbocycles. The summed E-state index contributed by atoms with van der Waals surface area (Å²) in [6.45, 7) is 0.993. The Kier molecular flexibility index (Phi) is 5.05. The number of aliphatic hydroxyl groups excluding tert-OH is 1. The Morgan fingerprint density at radius 2 is 1.91 bits per heavy atom. The summed E-state index contributed by atoms with van der Waals surface area (Å²) in [4.78, 5) is 13.6. The van der Waals surface area contributed by atoms with Gasteiger partial charge in [0.2, 0.25) is 15.9 Å². The topological polar surface area (TPSA) is 98.7 Å². The summed E-state index contributed by atoms with van der Waals surface area (Å²) in [5.41, 5.74) is 0.827. The van der Waals surface area contributed by atoms with Gasteiger partial charge in [0.1, 0.15) is 0 Å². The third kappa shape index (κ3) is 3.57. The number of aliphatic hydroxyl groups is 1. The number of carbonyl (C=O) groups is 1. The summed E-state index contributed by atoms with van der Waals surface area (Å²) in [6, 6.07) is 6.47. The van der Waals surface area contributed by atoms with Gasteiger partial charge in [-0.2, -0.15) is 0 Å². The minimum absolute atomic E-state index is 0.0960. The Morgan fingerprint density at radius 1 is 1.27 bits per heavy atom. The third-order valence-corrected chi connectivity index (χ3v) is 5.34. The van der Waals surface area contributed by atoms with Crippen LogP contribution in [-0.4, -0.2) is 52.7 Å². The average Bonchev–Trinajstić information content (AvgIpc) is 2.88. The number of nitrogens with one attached hydrogen (secondary N) is 2. The van der Waals surface area contributed by atoms with Gasteiger partial charge in [-0.1, -0.05) is 0 Å². The number of β-amino-alcohol motifs (C(OH)–C–C–N with tert-alkyl or cyclic N) is 1. The number of nitrogens with zero attached hydrogens (tertiary/aromatic N) is 1. The van der Waals surface area contributed by atoms with Gasteiger partial charge < -0.3 is 15.3 Å². The molecule has 1 heterocycles. The van der Waals surface area contributed by atoms with Crippen LogP contribution in [0.15, 0.2) is 29.2 Å². The minimum Gasteiger partial charge on any atom is -0.391 e. The van der Waals surface area contributed by atoms with Gasteiger partial charge in [-0.25, -0.2) is 13.1 Å². The molecule has 1 aliphatic heterocycles. The smallest absolute Gasteiger partial charge is 0.240 e. The van der Waals surface area contributed by atoms with E-state index < -0.39 is 16.1 Å². The SMILES string of the molecule is CNC(=O)C[C@@H]1CN(c2ccc(S(=O)(=O)NC)cc2)C[C@H]1O. The van der Waals surface area contributed by atoms with Crippen molar-refractivity contribution in [3.05, 3.63) is 24.3 Å². The Bertz CT molecular complexity index is 630. The molecule has 0 spiro atoms. The standard InChI is InChI=1S/C14H21N3O4S/c1-15-14(19)7-10-8-17(9-13(10)18)11-3-5-12(6-4-11)22(20,21)16-2/h3-6,10,13,16,18H,7-9H2,1-2H3,(H,15,19)/t10-,13-/m1/s1. The molecular weight excluding hydrogens is 306 g/mol. The molecule has 0 bridgehead atoms. The maximum Gasteiger partial charge on any atom is 0.240 e. The second-order valence-electron chi connectivity index (χ2n) is 5.31. The Labute approximate surface area is 130 Å². The first-order valence-electron chi connectivity index (χ1n) is 7.04. The second kappa shape index (κ2) is 6.64. The van der Waals surface area contributed by atoms with E-state index in [0.717, 1.165) is 5.69 Å². The summed E-state index contributed by atoms with van der Waals surface area (Å²) in [7, 11) is -0.514. The van der Waals surface area contributed by atoms with E-state index in [1.807, 2.05) is 4.90 Å². The second-order valence-corrected chi connectivity index (χ2v) is 7.20. The average molecular weight is 327 g/mol. The minimum atomic E-state index is -3.45. The molecule has 8 heteroatoms. The highest BCUT2D eigenvalue weighted by atomic mass is 32.2. The van der Waals surface area contributed by atoms with Gasteiger partial charge in [-0.3, -0.25) is 4.79 Å². The van der Waals surface area contributed by atoms with E-state index in [-0.39, 0.29) is 23.1 Å². The fourth-order valence-corrected chi connectivity index (χ4v) is 3.29. The van der Waals surface area contributed by atoms with E-state index in [0.29, 0.717) is 13.1 Å². The highest BCUT2D eigenvalue weighted by Gasteiger charge is 2.32. The van der Waals surface area contributed by atoms with Gasteiger partial charge in [0.25, 0.3) is 0 Å². The highest BCUT2D eigenvalue weighted by molar-refractivity contribution is 7.89. The summed E-state index contributed by atoms with van der Waals surface area (Å²) in [5.74, 6) is -0.220. The van der Waals surface area contributed by atoms with E-state index in [4.69, 9.17) is 0 Å². The van der Waals surface area contributed by atoms with Crippen LogP contribution in [0.5, 0.6) is 0 Å². The molecule has 7 nitrogen and oxygen atoms in total. The molecule has 2 atom stereocenters. The van der Waals surface area contributed by atoms with Crippen molar-refractivity contribution >= 4 is 21.6 Å². The van der Waals surface area contributed by atoms with Crippen molar-refractivity contribution in [1.82, 2.24) is 10.0 Å². The summed E-state index contributed by atoms with van der Waals surface area (Å²) in [5, 5.41) is 12.6. The van der Waals surface area contributed by atoms with Crippen LogP contribution in [0, 0.1) is 5.92 Å². The van der Waals surface area contributed by atoms with Crippen LogP contribution in [0.4, 0.5) is 5.69 Å². The number of hydrogen-bond donors (Lipinski definition) is 3. The van der Waals surface area contributed by atoms with Gasteiger partial charge in [0.05, 0.1) is 11.0 Å². The predicted octanol–water partition coefficient (Wildman–Crippen LogP) is -0.472. The number of carbonyl (C=O) groups excluding carboxylic acids is 1. The quantitative estimate of drug-likeness (QED) is 0.679. The van der Waals surface area contributed by atoms with Crippen molar-refractivity contribution in [1.29, 1.82) is 0 Å². The molecule has 1 aromatic carbocycles. The van der Waals surface area contributed by atoms with Gasteiger partial charge in [-0.05, 0) is 31.3 Å². The third-order valence-electron chi connectivity index (χ3n) is 3.91. The molecule has 0 radical (unpaired) electrons. The lowest BCUT2D eigenvalue weighted by molar-refractivity contribution is -0.122. The maximum atomic E-state index is 11.7. The predicted molar refractivity (Wildman–Crippen MR) is 83.1 cm³/mol. The van der Waals surface area contributed by atoms with Crippen LogP contribution in [0.25, 0.3) is 0 Å². The first kappa shape index (κ1) is 16.7. The molecule has 0 aromatic heterocycles. The fourth-order valence-electron chi connectivity index (χ4n) is 2.56. The summed E-state index contributed by atoms with van der Waals surface area (Å²) < 4.78 is 25.6. The Balaban J connectivity index is 2.09. The van der Waals surface area contributed by atoms with Crippen molar-refractivity contribution in [3.8, 4) is 0 Å². The fraction of sp³-hybridized carbons (Fsp3) is 0.500. The van der Waals surface area contributed by atoms with E-state index in [1.54, 1.807) is 19.2 Å². The van der Waals surface area contributed by atoms with Crippen LogP contribution in [-0.2, 0) is 14.8 Å². The first-order valence-corrected chi connectivity index (χ1v) is 8.53. The van der Waals surface area contributed by atoms with Crippen molar-refractivity contribution < 1.29 is 18.3 Å². The number of sulfonamides is 1. The van der Waals surface area contributed by atoms with Gasteiger partial charge in [-0.15, -0.1) is 0 Å². The van der Waals surface area contributed by atoms with E-state index in [2.05, 4.69) is 10.0 Å². The molecule has 22 heavy (non-hydrogen) atoms. The molecule has 2 rings (SSSR count). The lowest BCUT2D eigenvalue weighted by Crippen LogP contribution is -2.27. The zero-order valence-corrected chi connectivity index (χ0v) is 13.4. The molecule has 1 saturated heterocycles. The van der Waals surface area contributed by atoms with Crippen molar-refractivity contribution in [3.63, 3.8) is 0 Å². The van der Waals surface area contributed by atoms with Crippen LogP contribution >= 0.6 is 0 Å². The monoisotopic (exact) mass is 327 g/mol. The number of benzene rings is 1. The molecule has 0 saturated carbocycles. The van der Waals surface area contributed by atoms with E-state index in [1.165, 1.54) is 19.2 Å². The van der Waals surface area contributed by atoms with Crippen LogP contribution < -0.4 is 14.9 Å². The summed E-state index contributed by atoms with van der Waals surface area (Å²) in [6.07, 6.45) is -0.293. The zero-order chi connectivity index (χ0) is 16.3. The maximum absolute atomic E-state index is 11.7. The number of hydrogen-bond acceptors (Lipinski definition) is 5. The Hall–Kier alpha value is -1.64. The molecule has 1 fully saturated rings. The zero-order valence-electron chi connectivity index (χ0n) is 12.6. The lowest BCUT2D eigenvalue weighted by atomic mass is 10.0. The van der Waals surface area contributed by atoms with Crippen molar-refractivity contribution in [2.75, 3.05) is 32.1 Å². The Morgan fingerprint density at radius 3 is 2.45 bits per heavy atom. The van der Waals surface area contributed by atoms with Gasteiger partial charge >= 0.3 is 0 Å². The molecular formula is C14H21N3O4S. The number of rotatable bonds is 5. The summed E-state index contributed by atoms with van der Waals surface area (Å²) >= 11 is 0. The van der Waals surface area contributed by atoms with Crippen LogP contribution in [0.1, 0.15) is 6.42 Å². The van der Waals surface area contributed by atoms with Crippen LogP contribution in [0.2, 0.25) is 0 Å². The molecule has 1 aromatic rings. The van der Waals surface area contributed by atoms with Crippen LogP contribution in [0.3, 0.4) is 0 Å². The largest absolute Gasteiger partial charge is 0.391 e. The molecule has 122 valence electrons. The van der Waals surface area contributed by atoms with Crippen molar-refractivity contribution in [2.45, 2.75) is 17.4 Å². The lowest BCUT2D eigenvalue weighted by Gasteiger charge is -2.18. The van der Waals surface area contributed by atoms with Gasteiger partial charge in [0.15, 0.2) is 0 Å². The number of anilines is 1.